The summed E-state index contributed by atoms with van der Waals surface area (Å²) in [6.07, 6.45) is 5.85. The van der Waals surface area contributed by atoms with E-state index in [1.165, 1.54) is 0 Å². The van der Waals surface area contributed by atoms with Crippen LogP contribution in [0.1, 0.15) is 26.3 Å². The van der Waals surface area contributed by atoms with E-state index >= 15 is 0 Å². The molecular weight excluding hydrogens is 180 g/mol. The van der Waals surface area contributed by atoms with Gasteiger partial charge in [0.15, 0.2) is 0 Å². The van der Waals surface area contributed by atoms with E-state index in [-0.39, 0.29) is 18.2 Å². The Morgan fingerprint density at radius 3 is 2.93 bits per heavy atom. The number of ether oxygens (including phenoxy) is 1. The van der Waals surface area contributed by atoms with E-state index in [0.29, 0.717) is 0 Å². The second kappa shape index (κ2) is 3.71. The zero-order chi connectivity index (χ0) is 10.1. The van der Waals surface area contributed by atoms with Gasteiger partial charge in [-0.25, -0.2) is 4.98 Å². The molecule has 78 valence electrons. The molecule has 0 aromatic carbocycles. The van der Waals surface area contributed by atoms with Crippen LogP contribution in [0.25, 0.3) is 0 Å². The molecule has 1 fully saturated rings. The Labute approximate surface area is 83.5 Å². The van der Waals surface area contributed by atoms with Crippen LogP contribution >= 0.6 is 0 Å². The minimum Gasteiger partial charge on any atom is -0.388 e. The first-order valence-electron chi connectivity index (χ1n) is 4.99. The number of rotatable bonds is 1. The van der Waals surface area contributed by atoms with Crippen molar-refractivity contribution >= 4 is 0 Å². The average molecular weight is 196 g/mol. The van der Waals surface area contributed by atoms with Gasteiger partial charge in [-0.15, -0.1) is 0 Å². The molecule has 2 heterocycles. The summed E-state index contributed by atoms with van der Waals surface area (Å²) in [6.45, 7) is 3.94. The maximum atomic E-state index is 9.95. The van der Waals surface area contributed by atoms with Crippen molar-refractivity contribution in [2.75, 3.05) is 0 Å². The molecule has 2 rings (SSSR count). The Hall–Kier alpha value is -0.870. The molecule has 2 unspecified atom stereocenters. The third-order valence-electron chi connectivity index (χ3n) is 2.80. The van der Waals surface area contributed by atoms with Gasteiger partial charge in [0.25, 0.3) is 0 Å². The van der Waals surface area contributed by atoms with E-state index in [2.05, 4.69) is 4.98 Å². The highest BCUT2D eigenvalue weighted by atomic mass is 16.5. The fraction of sp³-hybridized carbons (Fsp3) is 0.700. The summed E-state index contributed by atoms with van der Waals surface area (Å²) in [6, 6.07) is 0.0937. The molecule has 4 atom stereocenters. The Bertz CT molecular complexity index is 286. The predicted molar refractivity (Wildman–Crippen MR) is 51.9 cm³/mol. The summed E-state index contributed by atoms with van der Waals surface area (Å²) in [5.74, 6) is 0. The maximum absolute atomic E-state index is 9.95. The number of aromatic nitrogens is 2. The van der Waals surface area contributed by atoms with Crippen molar-refractivity contribution < 1.29 is 9.84 Å². The van der Waals surface area contributed by atoms with Crippen molar-refractivity contribution in [2.24, 2.45) is 0 Å². The summed E-state index contributed by atoms with van der Waals surface area (Å²) < 4.78 is 7.50. The molecule has 14 heavy (non-hydrogen) atoms. The maximum Gasteiger partial charge on any atom is 0.101 e. The standard InChI is InChI=1S/C10H16N2O2/c1-7-5-9(10(13)8(2)14-7)12-4-3-11-6-12/h3-4,6-10,13H,5H2,1-2H3/t7-,8+,9?,10?/m1/s1. The lowest BCUT2D eigenvalue weighted by atomic mass is 9.96. The molecule has 0 saturated carbocycles. The van der Waals surface area contributed by atoms with Crippen molar-refractivity contribution in [1.82, 2.24) is 9.55 Å². The van der Waals surface area contributed by atoms with Gasteiger partial charge in [-0.3, -0.25) is 0 Å². The highest BCUT2D eigenvalue weighted by Crippen LogP contribution is 2.28. The van der Waals surface area contributed by atoms with Gasteiger partial charge in [0, 0.05) is 12.4 Å². The van der Waals surface area contributed by atoms with Gasteiger partial charge in [-0.1, -0.05) is 0 Å². The lowest BCUT2D eigenvalue weighted by Gasteiger charge is -2.37. The first-order valence-corrected chi connectivity index (χ1v) is 4.99. The Morgan fingerprint density at radius 2 is 2.29 bits per heavy atom. The second-order valence-corrected chi connectivity index (χ2v) is 3.96. The van der Waals surface area contributed by atoms with Crippen LogP contribution in [-0.4, -0.2) is 33.0 Å². The number of hydrogen-bond acceptors (Lipinski definition) is 3. The van der Waals surface area contributed by atoms with E-state index in [0.717, 1.165) is 6.42 Å². The highest BCUT2D eigenvalue weighted by Gasteiger charge is 2.34. The molecule has 1 N–H and O–H groups in total. The van der Waals surface area contributed by atoms with Gasteiger partial charge in [0.05, 0.1) is 24.6 Å². The molecule has 1 aromatic rings. The van der Waals surface area contributed by atoms with Crippen molar-refractivity contribution in [2.45, 2.75) is 44.6 Å². The van der Waals surface area contributed by atoms with Gasteiger partial charge >= 0.3 is 0 Å². The first-order chi connectivity index (χ1) is 6.68. The monoisotopic (exact) mass is 196 g/mol. The Kier molecular flexibility index (Phi) is 2.56. The van der Waals surface area contributed by atoms with Crippen LogP contribution in [0.2, 0.25) is 0 Å². The molecule has 4 heteroatoms. The molecule has 0 radical (unpaired) electrons. The molecule has 0 aliphatic carbocycles. The zero-order valence-electron chi connectivity index (χ0n) is 8.50. The molecule has 1 aromatic heterocycles. The summed E-state index contributed by atoms with van der Waals surface area (Å²) >= 11 is 0. The van der Waals surface area contributed by atoms with E-state index in [9.17, 15) is 5.11 Å². The summed E-state index contributed by atoms with van der Waals surface area (Å²) in [7, 11) is 0. The number of nitrogens with zero attached hydrogens (tertiary/aromatic N) is 2. The molecule has 4 nitrogen and oxygen atoms in total. The molecular formula is C10H16N2O2. The number of aliphatic hydroxyl groups is 1. The molecule has 0 amide bonds. The van der Waals surface area contributed by atoms with Gasteiger partial charge < -0.3 is 14.4 Å². The van der Waals surface area contributed by atoms with Crippen LogP contribution in [0.5, 0.6) is 0 Å². The topological polar surface area (TPSA) is 47.3 Å². The largest absolute Gasteiger partial charge is 0.388 e. The van der Waals surface area contributed by atoms with Crippen LogP contribution in [-0.2, 0) is 4.74 Å². The van der Waals surface area contributed by atoms with Crippen LogP contribution in [0, 0.1) is 0 Å². The molecule has 1 aliphatic rings. The minimum absolute atomic E-state index is 0.0937. The van der Waals surface area contributed by atoms with Gasteiger partial charge in [0.1, 0.15) is 6.10 Å². The third-order valence-corrected chi connectivity index (χ3v) is 2.80. The van der Waals surface area contributed by atoms with Crippen LogP contribution in [0.4, 0.5) is 0 Å². The predicted octanol–water partition coefficient (Wildman–Crippen LogP) is 0.982. The molecule has 1 aliphatic heterocycles. The fourth-order valence-corrected chi connectivity index (χ4v) is 2.06. The Balaban J connectivity index is 2.17. The van der Waals surface area contributed by atoms with E-state index in [1.807, 2.05) is 24.6 Å². The third kappa shape index (κ3) is 1.67. The number of aliphatic hydroxyl groups excluding tert-OH is 1. The molecule has 0 spiro atoms. The van der Waals surface area contributed by atoms with Crippen LogP contribution in [0.3, 0.4) is 0 Å². The molecule has 0 bridgehead atoms. The van der Waals surface area contributed by atoms with Gasteiger partial charge in [0.2, 0.25) is 0 Å². The fourth-order valence-electron chi connectivity index (χ4n) is 2.06. The van der Waals surface area contributed by atoms with Gasteiger partial charge in [-0.2, -0.15) is 0 Å². The van der Waals surface area contributed by atoms with Crippen LogP contribution < -0.4 is 0 Å². The number of imidazole rings is 1. The van der Waals surface area contributed by atoms with Crippen molar-refractivity contribution in [3.8, 4) is 0 Å². The van der Waals surface area contributed by atoms with Crippen LogP contribution in [0.15, 0.2) is 18.7 Å². The van der Waals surface area contributed by atoms with E-state index < -0.39 is 6.10 Å². The molecule has 1 saturated heterocycles. The zero-order valence-corrected chi connectivity index (χ0v) is 8.50. The first kappa shape index (κ1) is 9.68. The lowest BCUT2D eigenvalue weighted by molar-refractivity contribution is -0.125. The van der Waals surface area contributed by atoms with Crippen molar-refractivity contribution in [3.63, 3.8) is 0 Å². The highest BCUT2D eigenvalue weighted by molar-refractivity contribution is 4.90. The Morgan fingerprint density at radius 1 is 1.50 bits per heavy atom. The quantitative estimate of drug-likeness (QED) is 0.728. The summed E-state index contributed by atoms with van der Waals surface area (Å²) in [5, 5.41) is 9.95. The summed E-state index contributed by atoms with van der Waals surface area (Å²) in [4.78, 5) is 3.99. The lowest BCUT2D eigenvalue weighted by Crippen LogP contribution is -2.43. The average Bonchev–Trinajstić information content (AvgIpc) is 2.63. The number of hydrogen-bond donors (Lipinski definition) is 1. The normalized spacial score (nSPS) is 38.5. The van der Waals surface area contributed by atoms with Crippen molar-refractivity contribution in [1.29, 1.82) is 0 Å². The minimum atomic E-state index is -0.444. The van der Waals surface area contributed by atoms with E-state index in [1.54, 1.807) is 12.5 Å². The summed E-state index contributed by atoms with van der Waals surface area (Å²) in [5.41, 5.74) is 0. The second-order valence-electron chi connectivity index (χ2n) is 3.96. The van der Waals surface area contributed by atoms with Gasteiger partial charge in [-0.05, 0) is 20.3 Å². The smallest absolute Gasteiger partial charge is 0.101 e. The SMILES string of the molecule is C[C@@H]1CC(n2ccnc2)C(O)[C@H](C)O1. The van der Waals surface area contributed by atoms with E-state index in [4.69, 9.17) is 4.74 Å². The van der Waals surface area contributed by atoms with Crippen molar-refractivity contribution in [3.05, 3.63) is 18.7 Å².